The second kappa shape index (κ2) is 9.87. The third-order valence-corrected chi connectivity index (χ3v) is 6.56. The van der Waals surface area contributed by atoms with Crippen molar-refractivity contribution in [3.8, 4) is 17.1 Å². The minimum absolute atomic E-state index is 0.178. The molecule has 2 aromatic heterocycles. The van der Waals surface area contributed by atoms with Gasteiger partial charge in [-0.1, -0.05) is 12.1 Å². The summed E-state index contributed by atoms with van der Waals surface area (Å²) in [4.78, 5) is 49.3. The van der Waals surface area contributed by atoms with Crippen molar-refractivity contribution in [3.63, 3.8) is 0 Å². The Morgan fingerprint density at radius 3 is 2.64 bits per heavy atom. The molecule has 5 rings (SSSR count). The molecule has 9 heteroatoms. The van der Waals surface area contributed by atoms with Crippen molar-refractivity contribution >= 4 is 17.7 Å². The molecule has 1 N–H and O–H groups in total. The fraction of sp³-hybridized carbons (Fsp3) is 0.296. The van der Waals surface area contributed by atoms with Gasteiger partial charge in [0, 0.05) is 55.6 Å². The van der Waals surface area contributed by atoms with E-state index < -0.39 is 11.9 Å². The number of benzene rings is 1. The van der Waals surface area contributed by atoms with Crippen molar-refractivity contribution in [1.29, 1.82) is 0 Å². The van der Waals surface area contributed by atoms with Gasteiger partial charge in [0.2, 0.25) is 17.7 Å². The fourth-order valence-electron chi connectivity index (χ4n) is 4.77. The predicted octanol–water partition coefficient (Wildman–Crippen LogP) is 2.55. The van der Waals surface area contributed by atoms with Crippen LogP contribution in [-0.4, -0.2) is 57.7 Å². The maximum absolute atomic E-state index is 13.0. The summed E-state index contributed by atoms with van der Waals surface area (Å²) in [6, 6.07) is 13.0. The van der Waals surface area contributed by atoms with Crippen molar-refractivity contribution in [2.75, 3.05) is 14.2 Å². The van der Waals surface area contributed by atoms with E-state index in [2.05, 4.69) is 33.3 Å². The van der Waals surface area contributed by atoms with Crippen LogP contribution >= 0.6 is 0 Å². The first kappa shape index (κ1) is 23.6. The molecule has 2 aliphatic rings. The van der Waals surface area contributed by atoms with E-state index in [0.29, 0.717) is 24.4 Å². The molecular formula is C27H27N5O4. The summed E-state index contributed by atoms with van der Waals surface area (Å²) >= 11 is 0. The van der Waals surface area contributed by atoms with E-state index in [1.165, 1.54) is 0 Å². The third kappa shape index (κ3) is 4.83. The Balaban J connectivity index is 1.29. The summed E-state index contributed by atoms with van der Waals surface area (Å²) in [6.07, 6.45) is 4.20. The Morgan fingerprint density at radius 1 is 1.06 bits per heavy atom. The van der Waals surface area contributed by atoms with Crippen LogP contribution < -0.4 is 10.1 Å². The molecule has 9 nitrogen and oxygen atoms in total. The lowest BCUT2D eigenvalue weighted by molar-refractivity contribution is -0.136. The molecule has 36 heavy (non-hydrogen) atoms. The molecule has 1 unspecified atom stereocenters. The van der Waals surface area contributed by atoms with Gasteiger partial charge in [0.1, 0.15) is 6.04 Å². The molecule has 1 saturated heterocycles. The maximum atomic E-state index is 13.0. The number of carbonyl (C=O) groups is 3. The summed E-state index contributed by atoms with van der Waals surface area (Å²) < 4.78 is 5.12. The maximum Gasteiger partial charge on any atom is 0.255 e. The zero-order valence-electron chi connectivity index (χ0n) is 20.2. The Morgan fingerprint density at radius 2 is 1.89 bits per heavy atom. The molecule has 0 saturated carbocycles. The number of fused-ring (bicyclic) bond motifs is 1. The number of methoxy groups -OCH3 is 1. The number of amides is 3. The molecule has 1 fully saturated rings. The summed E-state index contributed by atoms with van der Waals surface area (Å²) in [6.45, 7) is 1.81. The highest BCUT2D eigenvalue weighted by Crippen LogP contribution is 2.31. The number of aromatic nitrogens is 2. The molecule has 184 valence electrons. The van der Waals surface area contributed by atoms with E-state index in [9.17, 15) is 14.4 Å². The number of nitrogens with one attached hydrogen (secondary N) is 1. The molecule has 3 amide bonds. The molecule has 0 aliphatic carbocycles. The number of ether oxygens (including phenoxy) is 1. The highest BCUT2D eigenvalue weighted by molar-refractivity contribution is 6.05. The number of rotatable bonds is 7. The second-order valence-corrected chi connectivity index (χ2v) is 9.20. The molecule has 4 heterocycles. The van der Waals surface area contributed by atoms with E-state index in [4.69, 9.17) is 4.74 Å². The Kier molecular flexibility index (Phi) is 6.47. The number of hydrogen-bond donors (Lipinski definition) is 1. The van der Waals surface area contributed by atoms with E-state index in [-0.39, 0.29) is 18.2 Å². The summed E-state index contributed by atoms with van der Waals surface area (Å²) in [5, 5.41) is 2.34. The molecule has 0 radical (unpaired) electrons. The minimum Gasteiger partial charge on any atom is -0.481 e. The Hall–Kier alpha value is -4.11. The van der Waals surface area contributed by atoms with Gasteiger partial charge in [0.05, 0.1) is 12.8 Å². The highest BCUT2D eigenvalue weighted by atomic mass is 16.5. The summed E-state index contributed by atoms with van der Waals surface area (Å²) in [5.74, 6) is -0.282. The normalized spacial score (nSPS) is 17.4. The summed E-state index contributed by atoms with van der Waals surface area (Å²) in [7, 11) is 3.65. The predicted molar refractivity (Wildman–Crippen MR) is 132 cm³/mol. The van der Waals surface area contributed by atoms with Crippen LogP contribution in [0.1, 0.15) is 39.9 Å². The van der Waals surface area contributed by atoms with Crippen LogP contribution in [0.15, 0.2) is 54.9 Å². The number of piperidine rings is 1. The van der Waals surface area contributed by atoms with Crippen molar-refractivity contribution in [3.05, 3.63) is 77.1 Å². The molecule has 3 aromatic rings. The van der Waals surface area contributed by atoms with Crippen LogP contribution in [0, 0.1) is 0 Å². The van der Waals surface area contributed by atoms with Crippen LogP contribution in [0.5, 0.6) is 5.88 Å². The molecule has 2 aliphatic heterocycles. The van der Waals surface area contributed by atoms with Crippen molar-refractivity contribution in [1.82, 2.24) is 25.1 Å². The zero-order chi connectivity index (χ0) is 25.2. The standard InChI is InChI=1S/C27H27N5O4/c1-31(15-18-3-8-25(36-2)29-13-18)14-17-9-10-28-22(11-17)19-4-5-21-20(12-19)16-32(27(21)35)23-6-7-24(33)30-26(23)34/h3-5,8-13,23H,6-7,14-16H2,1-2H3,(H,30,33,34). The van der Waals surface area contributed by atoms with Crippen molar-refractivity contribution in [2.45, 2.75) is 38.5 Å². The number of carbonyl (C=O) groups excluding carboxylic acids is 3. The van der Waals surface area contributed by atoms with Crippen molar-refractivity contribution < 1.29 is 19.1 Å². The zero-order valence-corrected chi connectivity index (χ0v) is 20.2. The first-order valence-corrected chi connectivity index (χ1v) is 11.8. The Bertz CT molecular complexity index is 1320. The molecular weight excluding hydrogens is 458 g/mol. The fourth-order valence-corrected chi connectivity index (χ4v) is 4.77. The third-order valence-electron chi connectivity index (χ3n) is 6.56. The Labute approximate surface area is 209 Å². The smallest absolute Gasteiger partial charge is 0.255 e. The number of pyridine rings is 2. The van der Waals surface area contributed by atoms with Gasteiger partial charge in [0.15, 0.2) is 0 Å². The van der Waals surface area contributed by atoms with E-state index in [0.717, 1.165) is 41.0 Å². The summed E-state index contributed by atoms with van der Waals surface area (Å²) in [5.41, 5.74) is 5.39. The average Bonchev–Trinajstić information content (AvgIpc) is 3.20. The molecule has 1 aromatic carbocycles. The quantitative estimate of drug-likeness (QED) is 0.513. The van der Waals surface area contributed by atoms with Crippen LogP contribution in [0.2, 0.25) is 0 Å². The topological polar surface area (TPSA) is 105 Å². The monoisotopic (exact) mass is 485 g/mol. The molecule has 1 atom stereocenters. The second-order valence-electron chi connectivity index (χ2n) is 9.20. The van der Waals surface area contributed by atoms with Crippen LogP contribution in [-0.2, 0) is 29.2 Å². The van der Waals surface area contributed by atoms with Gasteiger partial charge in [-0.05, 0) is 54.4 Å². The number of nitrogens with zero attached hydrogens (tertiary/aromatic N) is 4. The molecule has 0 spiro atoms. The highest BCUT2D eigenvalue weighted by Gasteiger charge is 2.39. The van der Waals surface area contributed by atoms with E-state index in [1.54, 1.807) is 24.3 Å². The van der Waals surface area contributed by atoms with Gasteiger partial charge < -0.3 is 9.64 Å². The number of imide groups is 1. The van der Waals surface area contributed by atoms with Gasteiger partial charge in [-0.3, -0.25) is 29.6 Å². The van der Waals surface area contributed by atoms with Crippen molar-refractivity contribution in [2.24, 2.45) is 0 Å². The lowest BCUT2D eigenvalue weighted by atomic mass is 10.0. The largest absolute Gasteiger partial charge is 0.481 e. The number of hydrogen-bond acceptors (Lipinski definition) is 7. The average molecular weight is 486 g/mol. The SMILES string of the molecule is COc1ccc(CN(C)Cc2ccnc(-c3ccc4c(c3)CN(C3CCC(=O)NC3=O)C4=O)c2)cn1. The lowest BCUT2D eigenvalue weighted by Crippen LogP contribution is -2.52. The lowest BCUT2D eigenvalue weighted by Gasteiger charge is -2.29. The minimum atomic E-state index is -0.621. The van der Waals surface area contributed by atoms with Gasteiger partial charge >= 0.3 is 0 Å². The van der Waals surface area contributed by atoms with Gasteiger partial charge in [-0.25, -0.2) is 4.98 Å². The van der Waals surface area contributed by atoms with E-state index >= 15 is 0 Å². The molecule has 0 bridgehead atoms. The first-order chi connectivity index (χ1) is 17.4. The van der Waals surface area contributed by atoms with Gasteiger partial charge in [-0.2, -0.15) is 0 Å². The van der Waals surface area contributed by atoms with Crippen LogP contribution in [0.3, 0.4) is 0 Å². The van der Waals surface area contributed by atoms with Gasteiger partial charge in [0.25, 0.3) is 5.91 Å². The first-order valence-electron chi connectivity index (χ1n) is 11.8. The van der Waals surface area contributed by atoms with Gasteiger partial charge in [-0.15, -0.1) is 0 Å². The van der Waals surface area contributed by atoms with E-state index in [1.807, 2.05) is 36.5 Å². The van der Waals surface area contributed by atoms with Crippen LogP contribution in [0.25, 0.3) is 11.3 Å². The van der Waals surface area contributed by atoms with Crippen LogP contribution in [0.4, 0.5) is 0 Å².